The maximum absolute atomic E-state index is 13.6. The molecule has 1 aromatic heterocycles. The van der Waals surface area contributed by atoms with E-state index in [2.05, 4.69) is 10.1 Å². The molecule has 0 N–H and O–H groups in total. The van der Waals surface area contributed by atoms with Gasteiger partial charge in [-0.05, 0) is 74.0 Å². The molecular formula is C29H28F6N4O3S. The molecule has 1 amide bonds. The fourth-order valence-corrected chi connectivity index (χ4v) is 5.61. The summed E-state index contributed by atoms with van der Waals surface area (Å²) >= 11 is 1.25. The summed E-state index contributed by atoms with van der Waals surface area (Å²) in [6.45, 7) is 7.51. The van der Waals surface area contributed by atoms with E-state index in [9.17, 15) is 31.1 Å². The molecule has 0 aliphatic carbocycles. The maximum Gasteiger partial charge on any atom is 0.416 e. The van der Waals surface area contributed by atoms with E-state index in [1.54, 1.807) is 24.3 Å². The van der Waals surface area contributed by atoms with Gasteiger partial charge in [-0.2, -0.15) is 36.4 Å². The number of hydrogen-bond donors (Lipinski definition) is 0. The molecule has 230 valence electrons. The molecule has 43 heavy (non-hydrogen) atoms. The van der Waals surface area contributed by atoms with Crippen LogP contribution in [0.1, 0.15) is 43.0 Å². The summed E-state index contributed by atoms with van der Waals surface area (Å²) in [5, 5.41) is 5.33. The second-order valence-corrected chi connectivity index (χ2v) is 12.2. The predicted molar refractivity (Wildman–Crippen MR) is 150 cm³/mol. The third-order valence-electron chi connectivity index (χ3n) is 6.75. The van der Waals surface area contributed by atoms with Crippen molar-refractivity contribution < 1.29 is 40.6 Å². The second kappa shape index (κ2) is 11.6. The highest BCUT2D eigenvalue weighted by Crippen LogP contribution is 2.38. The number of alkyl halides is 6. The number of benzene rings is 2. The van der Waals surface area contributed by atoms with E-state index in [0.717, 1.165) is 6.07 Å². The summed E-state index contributed by atoms with van der Waals surface area (Å²) in [6.07, 6.45) is -6.91. The van der Waals surface area contributed by atoms with E-state index < -0.39 is 23.5 Å². The Balaban J connectivity index is 1.30. The number of nitrogens with zero attached hydrogens (tertiary/aromatic N) is 4. The van der Waals surface area contributed by atoms with Gasteiger partial charge in [0.05, 0.1) is 59.2 Å². The minimum absolute atomic E-state index is 0.120. The zero-order chi connectivity index (χ0) is 31.2. The van der Waals surface area contributed by atoms with Gasteiger partial charge in [-0.1, -0.05) is 12.1 Å². The number of carbonyl (C=O) groups is 1. The van der Waals surface area contributed by atoms with Crippen LogP contribution in [0.3, 0.4) is 0 Å². The average molecular weight is 627 g/mol. The van der Waals surface area contributed by atoms with Gasteiger partial charge < -0.3 is 14.4 Å². The van der Waals surface area contributed by atoms with Crippen LogP contribution in [0.25, 0.3) is 17.0 Å². The SMILES string of the molecule is CC(C)(C)OC[C@@H]1CN(C2=NC(=O)/C(=C/c3ccc4c(cnn4Cc4ccc(C(F)(F)F)cc4C(F)(F)F)c3)S2)CCO1. The van der Waals surface area contributed by atoms with Crippen LogP contribution in [0.2, 0.25) is 0 Å². The zero-order valence-corrected chi connectivity index (χ0v) is 24.2. The van der Waals surface area contributed by atoms with E-state index >= 15 is 0 Å². The molecule has 0 saturated carbocycles. The average Bonchev–Trinajstić information content (AvgIpc) is 3.49. The van der Waals surface area contributed by atoms with Gasteiger partial charge >= 0.3 is 12.4 Å². The Morgan fingerprint density at radius 2 is 1.84 bits per heavy atom. The summed E-state index contributed by atoms with van der Waals surface area (Å²) in [5.74, 6) is -0.383. The Bertz CT molecular complexity index is 1590. The number of hydrogen-bond acceptors (Lipinski definition) is 6. The predicted octanol–water partition coefficient (Wildman–Crippen LogP) is 6.61. The number of aromatic nitrogens is 2. The summed E-state index contributed by atoms with van der Waals surface area (Å²) in [7, 11) is 0. The Hall–Kier alpha value is -3.36. The topological polar surface area (TPSA) is 69.0 Å². The van der Waals surface area contributed by atoms with Crippen LogP contribution in [0.5, 0.6) is 0 Å². The molecule has 5 rings (SSSR count). The molecule has 14 heteroatoms. The number of aliphatic imine (C=N–C) groups is 1. The highest BCUT2D eigenvalue weighted by Gasteiger charge is 2.38. The second-order valence-electron chi connectivity index (χ2n) is 11.2. The summed E-state index contributed by atoms with van der Waals surface area (Å²) in [4.78, 5) is 19.3. The van der Waals surface area contributed by atoms with Gasteiger partial charge in [0.2, 0.25) is 0 Å². The van der Waals surface area contributed by atoms with Crippen LogP contribution in [-0.2, 0) is 33.2 Å². The number of rotatable bonds is 5. The van der Waals surface area contributed by atoms with Gasteiger partial charge in [0.15, 0.2) is 5.17 Å². The number of morpholine rings is 1. The Kier molecular flexibility index (Phi) is 8.40. The highest BCUT2D eigenvalue weighted by molar-refractivity contribution is 8.18. The van der Waals surface area contributed by atoms with Gasteiger partial charge in [0.1, 0.15) is 0 Å². The number of amidine groups is 1. The lowest BCUT2D eigenvalue weighted by atomic mass is 10.0. The highest BCUT2D eigenvalue weighted by atomic mass is 32.2. The smallest absolute Gasteiger partial charge is 0.373 e. The van der Waals surface area contributed by atoms with E-state index in [1.165, 1.54) is 22.6 Å². The normalized spacial score (nSPS) is 19.5. The first kappa shape index (κ1) is 31.1. The van der Waals surface area contributed by atoms with E-state index in [0.29, 0.717) is 58.9 Å². The maximum atomic E-state index is 13.6. The minimum atomic E-state index is -4.98. The van der Waals surface area contributed by atoms with Crippen molar-refractivity contribution in [3.05, 3.63) is 69.8 Å². The number of carbonyl (C=O) groups excluding carboxylic acids is 1. The Morgan fingerprint density at radius 3 is 2.53 bits per heavy atom. The molecule has 1 saturated heterocycles. The van der Waals surface area contributed by atoms with Crippen molar-refractivity contribution in [1.82, 2.24) is 14.7 Å². The Labute approximate surface area is 247 Å². The monoisotopic (exact) mass is 626 g/mol. The number of thioether (sulfide) groups is 1. The van der Waals surface area contributed by atoms with Crippen LogP contribution in [0.4, 0.5) is 26.3 Å². The van der Waals surface area contributed by atoms with Crippen molar-refractivity contribution >= 4 is 39.8 Å². The molecule has 0 radical (unpaired) electrons. The zero-order valence-electron chi connectivity index (χ0n) is 23.4. The van der Waals surface area contributed by atoms with E-state index in [1.807, 2.05) is 25.7 Å². The Morgan fingerprint density at radius 1 is 1.07 bits per heavy atom. The van der Waals surface area contributed by atoms with Crippen LogP contribution in [0.15, 0.2) is 52.5 Å². The number of halogens is 6. The molecular weight excluding hydrogens is 598 g/mol. The molecule has 0 unspecified atom stereocenters. The molecule has 1 fully saturated rings. The fourth-order valence-electron chi connectivity index (χ4n) is 4.66. The third kappa shape index (κ3) is 7.42. The van der Waals surface area contributed by atoms with E-state index in [4.69, 9.17) is 9.47 Å². The van der Waals surface area contributed by atoms with Gasteiger partial charge in [-0.15, -0.1) is 0 Å². The first-order chi connectivity index (χ1) is 20.1. The quantitative estimate of drug-likeness (QED) is 0.235. The molecule has 3 heterocycles. The molecule has 1 atom stereocenters. The van der Waals surface area contributed by atoms with E-state index in [-0.39, 0.29) is 35.8 Å². The van der Waals surface area contributed by atoms with Crippen LogP contribution in [0, 0.1) is 0 Å². The van der Waals surface area contributed by atoms with Gasteiger partial charge in [-0.25, -0.2) is 0 Å². The molecule has 2 aliphatic heterocycles. The third-order valence-corrected chi connectivity index (χ3v) is 7.79. The lowest BCUT2D eigenvalue weighted by Crippen LogP contribution is -2.46. The van der Waals surface area contributed by atoms with Crippen molar-refractivity contribution in [3.63, 3.8) is 0 Å². The number of fused-ring (bicyclic) bond motifs is 1. The van der Waals surface area contributed by atoms with Crippen LogP contribution >= 0.6 is 11.8 Å². The van der Waals surface area contributed by atoms with Gasteiger partial charge in [0.25, 0.3) is 5.91 Å². The molecule has 0 spiro atoms. The standard InChI is InChI=1S/C29H28F6N4O3S/c1-27(2,3)42-16-21-15-38(8-9-41-21)26-37-25(40)24(43-26)11-17-4-7-23-19(10-17)13-36-39(23)14-18-5-6-20(28(30,31)32)12-22(18)29(33,34)35/h4-7,10-13,21H,8-9,14-16H2,1-3H3/b24-11-/t21-/m0/s1. The minimum Gasteiger partial charge on any atom is -0.373 e. The lowest BCUT2D eigenvalue weighted by Gasteiger charge is -2.34. The van der Waals surface area contributed by atoms with Crippen molar-refractivity contribution in [2.75, 3.05) is 26.3 Å². The molecule has 2 aromatic carbocycles. The summed E-state index contributed by atoms with van der Waals surface area (Å²) < 4.78 is 92.9. The van der Waals surface area contributed by atoms with Crippen molar-refractivity contribution in [1.29, 1.82) is 0 Å². The molecule has 7 nitrogen and oxygen atoms in total. The van der Waals surface area contributed by atoms with Crippen molar-refractivity contribution in [3.8, 4) is 0 Å². The van der Waals surface area contributed by atoms with Crippen molar-refractivity contribution in [2.24, 2.45) is 4.99 Å². The number of amides is 1. The molecule has 3 aromatic rings. The van der Waals surface area contributed by atoms with Crippen molar-refractivity contribution in [2.45, 2.75) is 51.4 Å². The summed E-state index contributed by atoms with van der Waals surface area (Å²) in [6, 6.07) is 6.63. The number of ether oxygens (including phenoxy) is 2. The first-order valence-electron chi connectivity index (χ1n) is 13.3. The van der Waals surface area contributed by atoms with Crippen LogP contribution in [-0.4, -0.2) is 63.8 Å². The molecule has 2 aliphatic rings. The fraction of sp³-hybridized carbons (Fsp3) is 0.414. The van der Waals surface area contributed by atoms with Crippen LogP contribution < -0.4 is 0 Å². The first-order valence-corrected chi connectivity index (χ1v) is 14.1. The summed E-state index contributed by atoms with van der Waals surface area (Å²) in [5.41, 5.74) is -2.25. The van der Waals surface area contributed by atoms with Gasteiger partial charge in [-0.3, -0.25) is 9.48 Å². The largest absolute Gasteiger partial charge is 0.416 e. The van der Waals surface area contributed by atoms with Gasteiger partial charge in [0, 0.05) is 18.5 Å². The molecule has 0 bridgehead atoms. The lowest BCUT2D eigenvalue weighted by molar-refractivity contribution is -0.143.